The molecule has 0 saturated carbocycles. The molecule has 0 radical (unpaired) electrons. The van der Waals surface area contributed by atoms with Crippen molar-refractivity contribution in [2.24, 2.45) is 0 Å². The Balaban J connectivity index is 2.81. The predicted molar refractivity (Wildman–Crippen MR) is 71.9 cm³/mol. The molecule has 0 saturated heterocycles. The van der Waals surface area contributed by atoms with E-state index in [1.54, 1.807) is 6.92 Å². The number of nitrogens with one attached hydrogen (secondary N) is 1. The monoisotopic (exact) mass is 286 g/mol. The van der Waals surface area contributed by atoms with Crippen molar-refractivity contribution in [3.05, 3.63) is 28.2 Å². The first-order valence-corrected chi connectivity index (χ1v) is 6.16. The van der Waals surface area contributed by atoms with Gasteiger partial charge in [0.15, 0.2) is 0 Å². The Hall–Kier alpha value is -0.580. The Kier molecular flexibility index (Phi) is 5.25. The molecule has 0 aliphatic carbocycles. The highest BCUT2D eigenvalue weighted by atomic mass is 79.9. The minimum absolute atomic E-state index is 0.325. The molecule has 0 aliphatic rings. The molecule has 16 heavy (non-hydrogen) atoms. The Labute approximate surface area is 106 Å². The van der Waals surface area contributed by atoms with Crippen LogP contribution in [0, 0.1) is 0 Å². The summed E-state index contributed by atoms with van der Waals surface area (Å²) < 4.78 is 1.06. The minimum atomic E-state index is -0.325. The van der Waals surface area contributed by atoms with Crippen molar-refractivity contribution < 1.29 is 5.11 Å². The first kappa shape index (κ1) is 13.5. The highest BCUT2D eigenvalue weighted by Crippen LogP contribution is 2.26. The van der Waals surface area contributed by atoms with E-state index in [4.69, 9.17) is 0 Å². The summed E-state index contributed by atoms with van der Waals surface area (Å²) in [5.41, 5.74) is 2.34. The molecule has 1 aromatic carbocycles. The van der Waals surface area contributed by atoms with Crippen molar-refractivity contribution in [2.75, 3.05) is 25.5 Å². The van der Waals surface area contributed by atoms with Crippen LogP contribution in [0.4, 0.5) is 5.69 Å². The third-order valence-electron chi connectivity index (χ3n) is 2.34. The van der Waals surface area contributed by atoms with Crippen molar-refractivity contribution in [1.29, 1.82) is 0 Å². The highest BCUT2D eigenvalue weighted by Gasteiger charge is 2.08. The summed E-state index contributed by atoms with van der Waals surface area (Å²) >= 11 is 3.56. The van der Waals surface area contributed by atoms with E-state index in [0.29, 0.717) is 6.54 Å². The molecule has 1 aromatic rings. The normalized spacial score (nSPS) is 12.6. The molecule has 0 amide bonds. The minimum Gasteiger partial charge on any atom is -0.392 e. The van der Waals surface area contributed by atoms with E-state index in [9.17, 15) is 5.11 Å². The molecule has 3 nitrogen and oxygen atoms in total. The summed E-state index contributed by atoms with van der Waals surface area (Å²) in [6, 6.07) is 6.26. The van der Waals surface area contributed by atoms with Gasteiger partial charge in [0.1, 0.15) is 0 Å². The second-order valence-electron chi connectivity index (χ2n) is 4.05. The molecule has 90 valence electrons. The van der Waals surface area contributed by atoms with Gasteiger partial charge in [0.05, 0.1) is 11.8 Å². The quantitative estimate of drug-likeness (QED) is 0.869. The van der Waals surface area contributed by atoms with Crippen LogP contribution in [0.3, 0.4) is 0 Å². The van der Waals surface area contributed by atoms with E-state index in [1.807, 2.05) is 19.0 Å². The highest BCUT2D eigenvalue weighted by molar-refractivity contribution is 9.10. The van der Waals surface area contributed by atoms with Crippen molar-refractivity contribution in [3.8, 4) is 0 Å². The number of hydrogen-bond donors (Lipinski definition) is 2. The topological polar surface area (TPSA) is 35.5 Å². The Morgan fingerprint density at radius 3 is 2.69 bits per heavy atom. The van der Waals surface area contributed by atoms with Gasteiger partial charge >= 0.3 is 0 Å². The second kappa shape index (κ2) is 6.23. The van der Waals surface area contributed by atoms with Gasteiger partial charge in [-0.15, -0.1) is 0 Å². The third-order valence-corrected chi connectivity index (χ3v) is 2.98. The number of aliphatic hydroxyl groups is 1. The molecule has 0 bridgehead atoms. The fourth-order valence-corrected chi connectivity index (χ4v) is 2.40. The first-order valence-electron chi connectivity index (χ1n) is 5.36. The maximum absolute atomic E-state index is 9.35. The molecular formula is C12H19BrN2O. The number of rotatable bonds is 5. The van der Waals surface area contributed by atoms with Gasteiger partial charge in [-0.05, 0) is 47.6 Å². The van der Waals surface area contributed by atoms with Crippen LogP contribution >= 0.6 is 15.9 Å². The Morgan fingerprint density at radius 1 is 1.50 bits per heavy atom. The number of aliphatic hydroxyl groups excluding tert-OH is 1. The summed E-state index contributed by atoms with van der Waals surface area (Å²) in [5.74, 6) is 0. The molecule has 1 atom stereocenters. The zero-order valence-corrected chi connectivity index (χ0v) is 11.6. The van der Waals surface area contributed by atoms with Gasteiger partial charge in [-0.2, -0.15) is 0 Å². The summed E-state index contributed by atoms with van der Waals surface area (Å²) in [5, 5.41) is 12.5. The van der Waals surface area contributed by atoms with Crippen molar-refractivity contribution in [2.45, 2.75) is 19.6 Å². The van der Waals surface area contributed by atoms with E-state index in [2.05, 4.69) is 39.4 Å². The summed E-state index contributed by atoms with van der Waals surface area (Å²) in [6.45, 7) is 3.28. The fourth-order valence-electron chi connectivity index (χ4n) is 1.67. The SMILES string of the molecule is CNCc1ccc(N(C)CC(C)O)c(Br)c1. The number of hydrogen-bond acceptors (Lipinski definition) is 3. The van der Waals surface area contributed by atoms with Gasteiger partial charge in [0.25, 0.3) is 0 Å². The number of likely N-dealkylation sites (N-methyl/N-ethyl adjacent to an activating group) is 1. The van der Waals surface area contributed by atoms with Crippen LogP contribution in [-0.2, 0) is 6.54 Å². The molecule has 0 aliphatic heterocycles. The summed E-state index contributed by atoms with van der Waals surface area (Å²) in [6.07, 6.45) is -0.325. The van der Waals surface area contributed by atoms with Crippen LogP contribution in [0.2, 0.25) is 0 Å². The van der Waals surface area contributed by atoms with Crippen LogP contribution in [0.5, 0.6) is 0 Å². The maximum Gasteiger partial charge on any atom is 0.0686 e. The number of anilines is 1. The van der Waals surface area contributed by atoms with Crippen LogP contribution < -0.4 is 10.2 Å². The van der Waals surface area contributed by atoms with Gasteiger partial charge in [-0.3, -0.25) is 0 Å². The largest absolute Gasteiger partial charge is 0.392 e. The fraction of sp³-hybridized carbons (Fsp3) is 0.500. The van der Waals surface area contributed by atoms with Crippen LogP contribution in [-0.4, -0.2) is 31.9 Å². The van der Waals surface area contributed by atoms with Gasteiger partial charge in [-0.25, -0.2) is 0 Å². The zero-order valence-electron chi connectivity index (χ0n) is 10.00. The molecule has 1 rings (SSSR count). The molecule has 0 spiro atoms. The predicted octanol–water partition coefficient (Wildman–Crippen LogP) is 1.99. The van der Waals surface area contributed by atoms with E-state index in [0.717, 1.165) is 16.7 Å². The molecule has 0 fully saturated rings. The van der Waals surface area contributed by atoms with E-state index in [-0.39, 0.29) is 6.10 Å². The maximum atomic E-state index is 9.35. The molecule has 4 heteroatoms. The average Bonchev–Trinajstić information content (AvgIpc) is 2.16. The molecule has 0 aromatic heterocycles. The van der Waals surface area contributed by atoms with Crippen LogP contribution in [0.25, 0.3) is 0 Å². The van der Waals surface area contributed by atoms with Gasteiger partial charge in [0, 0.05) is 24.6 Å². The van der Waals surface area contributed by atoms with Crippen molar-refractivity contribution >= 4 is 21.6 Å². The van der Waals surface area contributed by atoms with Crippen LogP contribution in [0.1, 0.15) is 12.5 Å². The average molecular weight is 287 g/mol. The number of halogens is 1. The van der Waals surface area contributed by atoms with Gasteiger partial charge in [-0.1, -0.05) is 6.07 Å². The van der Waals surface area contributed by atoms with E-state index >= 15 is 0 Å². The third kappa shape index (κ3) is 3.77. The smallest absolute Gasteiger partial charge is 0.0686 e. The van der Waals surface area contributed by atoms with Crippen molar-refractivity contribution in [1.82, 2.24) is 5.32 Å². The lowest BCUT2D eigenvalue weighted by Gasteiger charge is -2.22. The zero-order chi connectivity index (χ0) is 12.1. The number of nitrogens with zero attached hydrogens (tertiary/aromatic N) is 1. The van der Waals surface area contributed by atoms with Gasteiger partial charge in [0.2, 0.25) is 0 Å². The summed E-state index contributed by atoms with van der Waals surface area (Å²) in [7, 11) is 3.91. The van der Waals surface area contributed by atoms with E-state index < -0.39 is 0 Å². The lowest BCUT2D eigenvalue weighted by molar-refractivity contribution is 0.201. The van der Waals surface area contributed by atoms with E-state index in [1.165, 1.54) is 5.56 Å². The number of benzene rings is 1. The second-order valence-corrected chi connectivity index (χ2v) is 4.90. The molecule has 2 N–H and O–H groups in total. The standard InChI is InChI=1S/C12H19BrN2O/c1-9(16)8-15(3)12-5-4-10(7-14-2)6-11(12)13/h4-6,9,14,16H,7-8H2,1-3H3. The van der Waals surface area contributed by atoms with Gasteiger partial charge < -0.3 is 15.3 Å². The summed E-state index contributed by atoms with van der Waals surface area (Å²) in [4.78, 5) is 2.04. The first-order chi connectivity index (χ1) is 7.54. The molecule has 0 heterocycles. The van der Waals surface area contributed by atoms with Crippen LogP contribution in [0.15, 0.2) is 22.7 Å². The Morgan fingerprint density at radius 2 is 2.19 bits per heavy atom. The Bertz CT molecular complexity index is 342. The lowest BCUT2D eigenvalue weighted by atomic mass is 10.2. The molecule has 1 unspecified atom stereocenters. The molecular weight excluding hydrogens is 268 g/mol. The van der Waals surface area contributed by atoms with Crippen molar-refractivity contribution in [3.63, 3.8) is 0 Å². The lowest BCUT2D eigenvalue weighted by Crippen LogP contribution is -2.27.